The first-order chi connectivity index (χ1) is 12.4. The number of carbonyl (C=O) groups is 1. The molecule has 1 unspecified atom stereocenters. The molecule has 26 heavy (non-hydrogen) atoms. The van der Waals surface area contributed by atoms with Gasteiger partial charge in [0.2, 0.25) is 0 Å². The molecule has 1 amide bonds. The Hall–Kier alpha value is -2.37. The third-order valence-corrected chi connectivity index (χ3v) is 5.49. The number of guanidine groups is 1. The minimum atomic E-state index is -0.918. The van der Waals surface area contributed by atoms with E-state index in [1.807, 2.05) is 31.2 Å². The van der Waals surface area contributed by atoms with Crippen LogP contribution in [0.2, 0.25) is 0 Å². The van der Waals surface area contributed by atoms with Crippen molar-refractivity contribution >= 4 is 17.6 Å². The first kappa shape index (κ1) is 18.4. The Morgan fingerprint density at radius 2 is 2.12 bits per heavy atom. The van der Waals surface area contributed by atoms with Gasteiger partial charge in [0, 0.05) is 19.5 Å². The van der Waals surface area contributed by atoms with Crippen LogP contribution in [0.1, 0.15) is 51.0 Å². The maximum Gasteiger partial charge on any atom is 0.260 e. The lowest BCUT2D eigenvalue weighted by molar-refractivity contribution is -0.132. The normalized spacial score (nSPS) is 23.8. The van der Waals surface area contributed by atoms with E-state index in [0.717, 1.165) is 24.1 Å². The molecule has 1 heterocycles. The second-order valence-corrected chi connectivity index (χ2v) is 7.57. The first-order valence-electron chi connectivity index (χ1n) is 9.37. The third kappa shape index (κ3) is 3.74. The number of benzene rings is 1. The smallest absolute Gasteiger partial charge is 0.260 e. The van der Waals surface area contributed by atoms with Crippen molar-refractivity contribution in [2.75, 3.05) is 13.7 Å². The highest BCUT2D eigenvalue weighted by atomic mass is 16.5. The third-order valence-electron chi connectivity index (χ3n) is 5.49. The van der Waals surface area contributed by atoms with Gasteiger partial charge in [0.05, 0.1) is 0 Å². The molecule has 0 radical (unpaired) electrons. The van der Waals surface area contributed by atoms with Crippen LogP contribution in [0, 0.1) is 5.92 Å². The van der Waals surface area contributed by atoms with E-state index in [9.17, 15) is 4.79 Å². The van der Waals surface area contributed by atoms with Gasteiger partial charge in [-0.2, -0.15) is 0 Å². The molecule has 1 aliphatic heterocycles. The van der Waals surface area contributed by atoms with Crippen LogP contribution in [0.5, 0.6) is 5.75 Å². The lowest BCUT2D eigenvalue weighted by Gasteiger charge is -2.31. The molecule has 6 nitrogen and oxygen atoms in total. The van der Waals surface area contributed by atoms with Crippen molar-refractivity contribution < 1.29 is 14.9 Å². The maximum absolute atomic E-state index is 12.9. The summed E-state index contributed by atoms with van der Waals surface area (Å²) in [5.41, 5.74) is 6.69. The molecular formula is C20H29N4O2+. The molecule has 0 spiro atoms. The molecule has 1 saturated carbocycles. The number of hydrogen-bond acceptors (Lipinski definition) is 4. The van der Waals surface area contributed by atoms with E-state index in [1.165, 1.54) is 24.2 Å². The van der Waals surface area contributed by atoms with Crippen molar-refractivity contribution in [1.29, 1.82) is 0 Å². The van der Waals surface area contributed by atoms with Gasteiger partial charge in [-0.25, -0.2) is 4.99 Å². The SMILES string of the molecule is CC(=[NH2+])c1cccc(OCC2(CC3CCCCC3)N=C(N)N(C)C2=O)c1. The Morgan fingerprint density at radius 3 is 2.73 bits per heavy atom. The van der Waals surface area contributed by atoms with Gasteiger partial charge in [-0.15, -0.1) is 0 Å². The standard InChI is InChI=1S/C20H28N4O2/c1-14(21)16-9-6-10-17(11-16)26-13-20(12-15-7-4-3-5-8-15)18(25)24(2)19(22)23-20/h6,9-11,15,21H,3-5,7-8,12-13H2,1-2H3,(H2,22,23)/p+1. The summed E-state index contributed by atoms with van der Waals surface area (Å²) >= 11 is 0. The monoisotopic (exact) mass is 357 g/mol. The van der Waals surface area contributed by atoms with E-state index in [-0.39, 0.29) is 18.5 Å². The van der Waals surface area contributed by atoms with Crippen LogP contribution >= 0.6 is 0 Å². The van der Waals surface area contributed by atoms with Crippen LogP contribution in [0.4, 0.5) is 0 Å². The summed E-state index contributed by atoms with van der Waals surface area (Å²) in [6.07, 6.45) is 6.70. The summed E-state index contributed by atoms with van der Waals surface area (Å²) in [6, 6.07) is 7.59. The fourth-order valence-corrected chi connectivity index (χ4v) is 3.95. The lowest BCUT2D eigenvalue weighted by Crippen LogP contribution is -2.47. The second kappa shape index (κ2) is 7.48. The first-order valence-corrected chi connectivity index (χ1v) is 9.37. The van der Waals surface area contributed by atoms with Crippen LogP contribution in [-0.4, -0.2) is 41.7 Å². The molecule has 4 N–H and O–H groups in total. The summed E-state index contributed by atoms with van der Waals surface area (Å²) in [6.45, 7) is 2.05. The van der Waals surface area contributed by atoms with Gasteiger partial charge in [0.15, 0.2) is 17.2 Å². The number of rotatable bonds is 6. The highest BCUT2D eigenvalue weighted by molar-refractivity contribution is 6.06. The fourth-order valence-electron chi connectivity index (χ4n) is 3.95. The number of ether oxygens (including phenoxy) is 1. The minimum absolute atomic E-state index is 0.0710. The van der Waals surface area contributed by atoms with Crippen molar-refractivity contribution in [3.8, 4) is 5.75 Å². The van der Waals surface area contributed by atoms with Gasteiger partial charge in [0.25, 0.3) is 5.91 Å². The number of amides is 1. The minimum Gasteiger partial charge on any atom is -0.490 e. The van der Waals surface area contributed by atoms with E-state index < -0.39 is 5.54 Å². The van der Waals surface area contributed by atoms with Crippen LogP contribution in [0.25, 0.3) is 0 Å². The topological polar surface area (TPSA) is 93.5 Å². The van der Waals surface area contributed by atoms with Crippen LogP contribution in [0.3, 0.4) is 0 Å². The molecule has 3 rings (SSSR count). The number of likely N-dealkylation sites (N-methyl/N-ethyl adjacent to an activating group) is 1. The predicted octanol–water partition coefficient (Wildman–Crippen LogP) is 1.13. The lowest BCUT2D eigenvalue weighted by atomic mass is 9.79. The molecule has 2 aliphatic rings. The van der Waals surface area contributed by atoms with Crippen LogP contribution in [-0.2, 0) is 4.79 Å². The molecule has 1 fully saturated rings. The van der Waals surface area contributed by atoms with Crippen LogP contribution in [0.15, 0.2) is 29.3 Å². The van der Waals surface area contributed by atoms with E-state index >= 15 is 0 Å². The molecule has 0 aromatic heterocycles. The van der Waals surface area contributed by atoms with E-state index in [2.05, 4.69) is 4.99 Å². The Balaban J connectivity index is 1.79. The molecule has 1 atom stereocenters. The zero-order valence-corrected chi connectivity index (χ0v) is 15.7. The zero-order chi connectivity index (χ0) is 18.7. The van der Waals surface area contributed by atoms with E-state index in [4.69, 9.17) is 15.9 Å². The maximum atomic E-state index is 12.9. The average Bonchev–Trinajstić information content (AvgIpc) is 2.85. The van der Waals surface area contributed by atoms with Crippen molar-refractivity contribution in [2.45, 2.75) is 51.0 Å². The molecule has 0 bridgehead atoms. The largest absolute Gasteiger partial charge is 0.490 e. The van der Waals surface area contributed by atoms with Crippen molar-refractivity contribution in [1.82, 2.24) is 4.90 Å². The highest BCUT2D eigenvalue weighted by Crippen LogP contribution is 2.36. The van der Waals surface area contributed by atoms with Gasteiger partial charge in [0.1, 0.15) is 12.4 Å². The Morgan fingerprint density at radius 1 is 1.38 bits per heavy atom. The number of carbonyl (C=O) groups excluding carboxylic acids is 1. The van der Waals surface area contributed by atoms with Crippen molar-refractivity contribution in [3.05, 3.63) is 29.8 Å². The Labute approximate surface area is 154 Å². The van der Waals surface area contributed by atoms with Gasteiger partial charge in [-0.1, -0.05) is 38.2 Å². The molecule has 140 valence electrons. The molecule has 6 heteroatoms. The molecule has 1 aromatic rings. The fraction of sp³-hybridized carbons (Fsp3) is 0.550. The van der Waals surface area contributed by atoms with Crippen LogP contribution < -0.4 is 15.9 Å². The summed E-state index contributed by atoms with van der Waals surface area (Å²) in [5, 5.41) is 5.87. The number of nitrogens with two attached hydrogens (primary N) is 2. The van der Waals surface area contributed by atoms with E-state index in [0.29, 0.717) is 18.1 Å². The summed E-state index contributed by atoms with van der Waals surface area (Å²) < 4.78 is 6.01. The van der Waals surface area contributed by atoms with Crippen molar-refractivity contribution in [3.63, 3.8) is 0 Å². The summed E-state index contributed by atoms with van der Waals surface area (Å²) in [7, 11) is 1.68. The second-order valence-electron chi connectivity index (χ2n) is 7.57. The summed E-state index contributed by atoms with van der Waals surface area (Å²) in [4.78, 5) is 18.9. The quantitative estimate of drug-likeness (QED) is 0.747. The highest BCUT2D eigenvalue weighted by Gasteiger charge is 2.48. The predicted molar refractivity (Wildman–Crippen MR) is 102 cm³/mol. The van der Waals surface area contributed by atoms with Gasteiger partial charge < -0.3 is 10.5 Å². The molecule has 1 aromatic carbocycles. The van der Waals surface area contributed by atoms with Gasteiger partial charge in [-0.3, -0.25) is 15.1 Å². The average molecular weight is 357 g/mol. The molecular weight excluding hydrogens is 328 g/mol. The van der Waals surface area contributed by atoms with Gasteiger partial charge in [-0.05, 0) is 30.5 Å². The Kier molecular flexibility index (Phi) is 5.30. The summed E-state index contributed by atoms with van der Waals surface area (Å²) in [5.74, 6) is 1.38. The molecule has 0 saturated heterocycles. The van der Waals surface area contributed by atoms with Crippen molar-refractivity contribution in [2.24, 2.45) is 16.6 Å². The Bertz CT molecular complexity index is 724. The van der Waals surface area contributed by atoms with E-state index in [1.54, 1.807) is 7.05 Å². The number of nitrogens with zero attached hydrogens (tertiary/aromatic N) is 2. The number of aliphatic imine (C=N–C) groups is 1. The molecule has 1 aliphatic carbocycles. The van der Waals surface area contributed by atoms with Gasteiger partial charge >= 0.3 is 0 Å². The number of hydrogen-bond donors (Lipinski definition) is 2. The zero-order valence-electron chi connectivity index (χ0n) is 15.7.